The van der Waals surface area contributed by atoms with E-state index in [0.29, 0.717) is 6.04 Å². The third-order valence-corrected chi connectivity index (χ3v) is 3.20. The van der Waals surface area contributed by atoms with Crippen molar-refractivity contribution >= 4 is 15.9 Å². The molecule has 3 heteroatoms. The Labute approximate surface area is 91.8 Å². The normalized spacial score (nSPS) is 20.6. The highest BCUT2D eigenvalue weighted by molar-refractivity contribution is 9.10. The summed E-state index contributed by atoms with van der Waals surface area (Å²) in [5.74, 6) is -0.0747. The van der Waals surface area contributed by atoms with Gasteiger partial charge in [-0.3, -0.25) is 0 Å². The maximum atomic E-state index is 13.6. The van der Waals surface area contributed by atoms with Crippen LogP contribution >= 0.6 is 15.9 Å². The summed E-state index contributed by atoms with van der Waals surface area (Å²) in [6, 6.07) is 3.89. The summed E-state index contributed by atoms with van der Waals surface area (Å²) in [7, 11) is 0. The van der Waals surface area contributed by atoms with Crippen LogP contribution in [0.25, 0.3) is 0 Å². The Morgan fingerprint density at radius 2 is 2.36 bits per heavy atom. The minimum atomic E-state index is -0.0747. The maximum absolute atomic E-state index is 13.6. The van der Waals surface area contributed by atoms with E-state index in [4.69, 9.17) is 0 Å². The Hall–Kier alpha value is -0.410. The van der Waals surface area contributed by atoms with Gasteiger partial charge in [0.15, 0.2) is 0 Å². The summed E-state index contributed by atoms with van der Waals surface area (Å²) in [5, 5.41) is 3.39. The van der Waals surface area contributed by atoms with Crippen molar-refractivity contribution < 1.29 is 4.39 Å². The molecule has 1 aromatic rings. The van der Waals surface area contributed by atoms with Crippen LogP contribution in [0, 0.1) is 5.82 Å². The van der Waals surface area contributed by atoms with Crippen molar-refractivity contribution in [3.8, 4) is 0 Å². The zero-order valence-corrected chi connectivity index (χ0v) is 9.70. The fourth-order valence-corrected chi connectivity index (χ4v) is 2.49. The van der Waals surface area contributed by atoms with Gasteiger partial charge in [-0.1, -0.05) is 22.9 Å². The second-order valence-corrected chi connectivity index (χ2v) is 4.54. The number of nitrogens with one attached hydrogen (secondary N) is 1. The molecular weight excluding hydrogens is 245 g/mol. The van der Waals surface area contributed by atoms with E-state index in [-0.39, 0.29) is 5.82 Å². The molecule has 0 aromatic heterocycles. The van der Waals surface area contributed by atoms with E-state index >= 15 is 0 Å². The molecule has 76 valence electrons. The van der Waals surface area contributed by atoms with Gasteiger partial charge in [0.05, 0.1) is 0 Å². The molecule has 0 aliphatic carbocycles. The fraction of sp³-hybridized carbons (Fsp3) is 0.455. The van der Waals surface area contributed by atoms with Crippen LogP contribution in [0.3, 0.4) is 0 Å². The molecule has 2 rings (SSSR count). The molecule has 0 bridgehead atoms. The number of fused-ring (bicyclic) bond motifs is 1. The van der Waals surface area contributed by atoms with Crippen molar-refractivity contribution in [2.75, 3.05) is 6.54 Å². The van der Waals surface area contributed by atoms with Crippen LogP contribution in [0.5, 0.6) is 0 Å². The summed E-state index contributed by atoms with van der Waals surface area (Å²) in [4.78, 5) is 0. The third-order valence-electron chi connectivity index (χ3n) is 2.74. The first kappa shape index (κ1) is 10.1. The van der Waals surface area contributed by atoms with Gasteiger partial charge in [0.1, 0.15) is 5.82 Å². The monoisotopic (exact) mass is 257 g/mol. The Bertz CT molecular complexity index is 351. The van der Waals surface area contributed by atoms with Gasteiger partial charge in [-0.2, -0.15) is 0 Å². The van der Waals surface area contributed by atoms with E-state index in [1.165, 1.54) is 0 Å². The molecule has 0 spiro atoms. The molecule has 0 saturated carbocycles. The van der Waals surface area contributed by atoms with Crippen molar-refractivity contribution in [3.63, 3.8) is 0 Å². The van der Waals surface area contributed by atoms with E-state index in [2.05, 4.69) is 28.2 Å². The van der Waals surface area contributed by atoms with Crippen LogP contribution in [0.4, 0.5) is 4.39 Å². The Kier molecular flexibility index (Phi) is 2.88. The number of hydrogen-bond acceptors (Lipinski definition) is 1. The lowest BCUT2D eigenvalue weighted by Gasteiger charge is -2.26. The van der Waals surface area contributed by atoms with Crippen LogP contribution in [-0.2, 0) is 6.42 Å². The highest BCUT2D eigenvalue weighted by atomic mass is 79.9. The summed E-state index contributed by atoms with van der Waals surface area (Å²) in [6.07, 6.45) is 1.80. The first-order chi connectivity index (χ1) is 6.72. The maximum Gasteiger partial charge on any atom is 0.127 e. The van der Waals surface area contributed by atoms with Crippen LogP contribution < -0.4 is 5.32 Å². The number of halogens is 2. The third kappa shape index (κ3) is 1.71. The second-order valence-electron chi connectivity index (χ2n) is 3.62. The first-order valence-corrected chi connectivity index (χ1v) is 5.73. The van der Waals surface area contributed by atoms with Gasteiger partial charge in [-0.05, 0) is 42.6 Å². The molecule has 1 heterocycles. The predicted molar refractivity (Wildman–Crippen MR) is 58.8 cm³/mol. The highest BCUT2D eigenvalue weighted by Gasteiger charge is 2.21. The Balaban J connectivity index is 2.51. The van der Waals surface area contributed by atoms with Gasteiger partial charge in [0.25, 0.3) is 0 Å². The molecule has 1 aliphatic heterocycles. The van der Waals surface area contributed by atoms with Gasteiger partial charge in [-0.25, -0.2) is 4.39 Å². The van der Waals surface area contributed by atoms with E-state index in [1.807, 2.05) is 6.07 Å². The molecule has 1 aliphatic rings. The average Bonchev–Trinajstić information content (AvgIpc) is 2.17. The molecule has 0 amide bonds. The quantitative estimate of drug-likeness (QED) is 0.815. The molecule has 0 radical (unpaired) electrons. The smallest absolute Gasteiger partial charge is 0.127 e. The lowest BCUT2D eigenvalue weighted by atomic mass is 9.92. The second kappa shape index (κ2) is 3.99. The summed E-state index contributed by atoms with van der Waals surface area (Å²) in [5.41, 5.74) is 2.00. The lowest BCUT2D eigenvalue weighted by Crippen LogP contribution is -2.30. The van der Waals surface area contributed by atoms with E-state index < -0.39 is 0 Å². The largest absolute Gasteiger partial charge is 0.310 e. The summed E-state index contributed by atoms with van der Waals surface area (Å²) in [6.45, 7) is 3.00. The van der Waals surface area contributed by atoms with Gasteiger partial charge < -0.3 is 5.32 Å². The van der Waals surface area contributed by atoms with Crippen molar-refractivity contribution in [3.05, 3.63) is 33.5 Å². The Morgan fingerprint density at radius 1 is 1.57 bits per heavy atom. The molecule has 0 fully saturated rings. The van der Waals surface area contributed by atoms with Crippen LogP contribution in [-0.4, -0.2) is 6.54 Å². The number of benzene rings is 1. The zero-order valence-electron chi connectivity index (χ0n) is 8.11. The molecule has 1 atom stereocenters. The van der Waals surface area contributed by atoms with Crippen LogP contribution in [0.1, 0.15) is 30.5 Å². The van der Waals surface area contributed by atoms with E-state index in [1.54, 1.807) is 6.07 Å². The average molecular weight is 258 g/mol. The molecular formula is C11H13BrFN. The molecule has 1 N–H and O–H groups in total. The lowest BCUT2D eigenvalue weighted by molar-refractivity contribution is 0.475. The number of hydrogen-bond donors (Lipinski definition) is 1. The topological polar surface area (TPSA) is 12.0 Å². The molecule has 14 heavy (non-hydrogen) atoms. The molecule has 1 aromatic carbocycles. The van der Waals surface area contributed by atoms with Gasteiger partial charge in [-0.15, -0.1) is 0 Å². The van der Waals surface area contributed by atoms with Gasteiger partial charge >= 0.3 is 0 Å². The van der Waals surface area contributed by atoms with Crippen molar-refractivity contribution in [2.24, 2.45) is 0 Å². The van der Waals surface area contributed by atoms with E-state index in [0.717, 1.165) is 35.0 Å². The predicted octanol–water partition coefficient (Wildman–Crippen LogP) is 3.19. The first-order valence-electron chi connectivity index (χ1n) is 4.93. The zero-order chi connectivity index (χ0) is 10.1. The van der Waals surface area contributed by atoms with E-state index in [9.17, 15) is 4.39 Å². The minimum Gasteiger partial charge on any atom is -0.310 e. The minimum absolute atomic E-state index is 0.0747. The molecule has 1 unspecified atom stereocenters. The SMILES string of the molecule is CCC1NCCc2c(F)cc(Br)cc21. The van der Waals surface area contributed by atoms with Gasteiger partial charge in [0, 0.05) is 10.5 Å². The molecule has 1 nitrogen and oxygen atoms in total. The van der Waals surface area contributed by atoms with Crippen molar-refractivity contribution in [1.29, 1.82) is 0 Å². The fourth-order valence-electron chi connectivity index (χ4n) is 2.04. The van der Waals surface area contributed by atoms with Crippen molar-refractivity contribution in [2.45, 2.75) is 25.8 Å². The van der Waals surface area contributed by atoms with Crippen LogP contribution in [0.15, 0.2) is 16.6 Å². The highest BCUT2D eigenvalue weighted by Crippen LogP contribution is 2.30. The molecule has 0 saturated heterocycles. The van der Waals surface area contributed by atoms with Crippen LogP contribution in [0.2, 0.25) is 0 Å². The summed E-state index contributed by atoms with van der Waals surface area (Å²) >= 11 is 3.33. The van der Waals surface area contributed by atoms with Crippen molar-refractivity contribution in [1.82, 2.24) is 5.32 Å². The van der Waals surface area contributed by atoms with Gasteiger partial charge in [0.2, 0.25) is 0 Å². The standard InChI is InChI=1S/C11H13BrFN/c1-2-11-9-5-7(12)6-10(13)8(9)3-4-14-11/h5-6,11,14H,2-4H2,1H3. The summed E-state index contributed by atoms with van der Waals surface area (Å²) < 4.78 is 14.4. The number of rotatable bonds is 1. The Morgan fingerprint density at radius 3 is 3.07 bits per heavy atom.